The van der Waals surface area contributed by atoms with Gasteiger partial charge in [0.05, 0.1) is 10.7 Å². The van der Waals surface area contributed by atoms with Crippen LogP contribution >= 0.6 is 27.5 Å². The van der Waals surface area contributed by atoms with Crippen molar-refractivity contribution in [3.05, 3.63) is 57.7 Å². The molecule has 0 amide bonds. The van der Waals surface area contributed by atoms with Gasteiger partial charge in [-0.3, -0.25) is 0 Å². The van der Waals surface area contributed by atoms with Gasteiger partial charge in [-0.2, -0.15) is 0 Å². The SMILES string of the molecule is Cc1ccc(Nc2c[nH]c3ccc(Br)c(Cl)c23)cc1. The van der Waals surface area contributed by atoms with Gasteiger partial charge in [-0.05, 0) is 47.1 Å². The van der Waals surface area contributed by atoms with E-state index in [1.165, 1.54) is 5.56 Å². The monoisotopic (exact) mass is 334 g/mol. The van der Waals surface area contributed by atoms with E-state index in [4.69, 9.17) is 11.6 Å². The average molecular weight is 336 g/mol. The lowest BCUT2D eigenvalue weighted by Gasteiger charge is -2.07. The summed E-state index contributed by atoms with van der Waals surface area (Å²) < 4.78 is 0.897. The van der Waals surface area contributed by atoms with Crippen molar-refractivity contribution in [1.82, 2.24) is 4.98 Å². The molecule has 96 valence electrons. The Labute approximate surface area is 124 Å². The number of hydrogen-bond acceptors (Lipinski definition) is 1. The molecule has 0 bridgehead atoms. The van der Waals surface area contributed by atoms with E-state index in [2.05, 4.69) is 57.4 Å². The smallest absolute Gasteiger partial charge is 0.0662 e. The van der Waals surface area contributed by atoms with E-state index in [1.54, 1.807) is 0 Å². The van der Waals surface area contributed by atoms with Crippen LogP contribution in [0.25, 0.3) is 10.9 Å². The number of hydrogen-bond donors (Lipinski definition) is 2. The highest BCUT2D eigenvalue weighted by atomic mass is 79.9. The average Bonchev–Trinajstić information content (AvgIpc) is 2.80. The van der Waals surface area contributed by atoms with Gasteiger partial charge in [0.2, 0.25) is 0 Å². The van der Waals surface area contributed by atoms with Gasteiger partial charge in [0, 0.05) is 27.3 Å². The highest BCUT2D eigenvalue weighted by Crippen LogP contribution is 2.36. The number of benzene rings is 2. The van der Waals surface area contributed by atoms with Crippen molar-refractivity contribution in [3.8, 4) is 0 Å². The first-order chi connectivity index (χ1) is 9.15. The fraction of sp³-hybridized carbons (Fsp3) is 0.0667. The molecule has 0 radical (unpaired) electrons. The molecule has 2 aromatic carbocycles. The first-order valence-corrected chi connectivity index (χ1v) is 7.11. The Morgan fingerprint density at radius 2 is 1.84 bits per heavy atom. The van der Waals surface area contributed by atoms with Gasteiger partial charge in [-0.25, -0.2) is 0 Å². The van der Waals surface area contributed by atoms with Crippen LogP contribution in [0.2, 0.25) is 5.02 Å². The molecule has 0 unspecified atom stereocenters. The molecule has 0 fully saturated rings. The number of fused-ring (bicyclic) bond motifs is 1. The molecule has 1 heterocycles. The second-order valence-electron chi connectivity index (χ2n) is 4.48. The third kappa shape index (κ3) is 2.36. The lowest BCUT2D eigenvalue weighted by molar-refractivity contribution is 1.44. The molecule has 3 rings (SSSR count). The van der Waals surface area contributed by atoms with Crippen LogP contribution in [-0.4, -0.2) is 4.98 Å². The van der Waals surface area contributed by atoms with Crippen LogP contribution in [0.5, 0.6) is 0 Å². The van der Waals surface area contributed by atoms with Crippen LogP contribution in [0, 0.1) is 6.92 Å². The highest BCUT2D eigenvalue weighted by Gasteiger charge is 2.10. The number of H-pyrrole nitrogens is 1. The van der Waals surface area contributed by atoms with Gasteiger partial charge in [-0.1, -0.05) is 29.3 Å². The van der Waals surface area contributed by atoms with Gasteiger partial charge in [-0.15, -0.1) is 0 Å². The molecule has 0 aliphatic carbocycles. The van der Waals surface area contributed by atoms with Crippen molar-refractivity contribution in [2.75, 3.05) is 5.32 Å². The van der Waals surface area contributed by atoms with Gasteiger partial charge in [0.1, 0.15) is 0 Å². The van der Waals surface area contributed by atoms with Crippen molar-refractivity contribution in [1.29, 1.82) is 0 Å². The normalized spacial score (nSPS) is 10.9. The van der Waals surface area contributed by atoms with Crippen molar-refractivity contribution in [2.45, 2.75) is 6.92 Å². The van der Waals surface area contributed by atoms with Gasteiger partial charge in [0.15, 0.2) is 0 Å². The lowest BCUT2D eigenvalue weighted by atomic mass is 10.2. The quantitative estimate of drug-likeness (QED) is 0.623. The molecule has 0 aliphatic heterocycles. The molecule has 0 saturated heterocycles. The predicted octanol–water partition coefficient (Wildman–Crippen LogP) is 5.64. The molecular weight excluding hydrogens is 324 g/mol. The Hall–Kier alpha value is -1.45. The van der Waals surface area contributed by atoms with E-state index < -0.39 is 0 Å². The molecule has 1 aromatic heterocycles. The van der Waals surface area contributed by atoms with Gasteiger partial charge in [0.25, 0.3) is 0 Å². The van der Waals surface area contributed by atoms with Crippen LogP contribution in [0.15, 0.2) is 47.1 Å². The Kier molecular flexibility index (Phi) is 3.25. The molecule has 0 saturated carbocycles. The van der Waals surface area contributed by atoms with E-state index in [0.717, 1.165) is 26.8 Å². The molecule has 2 nitrogen and oxygen atoms in total. The van der Waals surface area contributed by atoms with E-state index in [9.17, 15) is 0 Å². The van der Waals surface area contributed by atoms with E-state index in [1.807, 2.05) is 18.3 Å². The summed E-state index contributed by atoms with van der Waals surface area (Å²) in [5.41, 5.74) is 4.28. The fourth-order valence-electron chi connectivity index (χ4n) is 2.05. The third-order valence-corrected chi connectivity index (χ3v) is 4.35. The molecule has 0 atom stereocenters. The van der Waals surface area contributed by atoms with Crippen molar-refractivity contribution >= 4 is 49.8 Å². The summed E-state index contributed by atoms with van der Waals surface area (Å²) in [6.45, 7) is 2.07. The molecule has 0 aliphatic rings. The summed E-state index contributed by atoms with van der Waals surface area (Å²) in [6.07, 6.45) is 1.93. The van der Waals surface area contributed by atoms with Crippen LogP contribution in [0.1, 0.15) is 5.56 Å². The molecule has 2 N–H and O–H groups in total. The number of nitrogens with one attached hydrogen (secondary N) is 2. The third-order valence-electron chi connectivity index (χ3n) is 3.07. The highest BCUT2D eigenvalue weighted by molar-refractivity contribution is 9.10. The maximum absolute atomic E-state index is 6.36. The zero-order valence-corrected chi connectivity index (χ0v) is 12.6. The number of halogens is 2. The number of aromatic nitrogens is 1. The molecule has 19 heavy (non-hydrogen) atoms. The van der Waals surface area contributed by atoms with Crippen molar-refractivity contribution in [2.24, 2.45) is 0 Å². The number of rotatable bonds is 2. The standard InChI is InChI=1S/C15H12BrClN2/c1-9-2-4-10(5-3-9)19-13-8-18-12-7-6-11(16)15(17)14(12)13/h2-8,18-19H,1H3. The zero-order chi connectivity index (χ0) is 13.4. The summed E-state index contributed by atoms with van der Waals surface area (Å²) in [7, 11) is 0. The molecule has 4 heteroatoms. The summed E-state index contributed by atoms with van der Waals surface area (Å²) in [5.74, 6) is 0. The topological polar surface area (TPSA) is 27.8 Å². The van der Waals surface area contributed by atoms with Gasteiger partial charge >= 0.3 is 0 Å². The van der Waals surface area contributed by atoms with Crippen LogP contribution in [0.4, 0.5) is 11.4 Å². The molecular formula is C15H12BrClN2. The largest absolute Gasteiger partial charge is 0.359 e. The minimum atomic E-state index is 0.716. The Bertz CT molecular complexity index is 732. The first-order valence-electron chi connectivity index (χ1n) is 5.94. The van der Waals surface area contributed by atoms with Gasteiger partial charge < -0.3 is 10.3 Å². The van der Waals surface area contributed by atoms with Crippen LogP contribution in [-0.2, 0) is 0 Å². The van der Waals surface area contributed by atoms with Crippen LogP contribution in [0.3, 0.4) is 0 Å². The fourth-order valence-corrected chi connectivity index (χ4v) is 2.64. The Morgan fingerprint density at radius 3 is 2.58 bits per heavy atom. The summed E-state index contributed by atoms with van der Waals surface area (Å²) >= 11 is 9.81. The number of aromatic amines is 1. The van der Waals surface area contributed by atoms with E-state index in [-0.39, 0.29) is 0 Å². The Morgan fingerprint density at radius 1 is 1.11 bits per heavy atom. The van der Waals surface area contributed by atoms with E-state index in [0.29, 0.717) is 5.02 Å². The minimum Gasteiger partial charge on any atom is -0.359 e. The van der Waals surface area contributed by atoms with Crippen molar-refractivity contribution < 1.29 is 0 Å². The molecule has 0 spiro atoms. The second kappa shape index (κ2) is 4.91. The number of aryl methyl sites for hydroxylation is 1. The minimum absolute atomic E-state index is 0.716. The zero-order valence-electron chi connectivity index (χ0n) is 10.3. The summed E-state index contributed by atoms with van der Waals surface area (Å²) in [4.78, 5) is 3.22. The van der Waals surface area contributed by atoms with Crippen molar-refractivity contribution in [3.63, 3.8) is 0 Å². The second-order valence-corrected chi connectivity index (χ2v) is 5.71. The first kappa shape index (κ1) is 12.6. The predicted molar refractivity (Wildman–Crippen MR) is 85.5 cm³/mol. The maximum Gasteiger partial charge on any atom is 0.0662 e. The molecule has 3 aromatic rings. The Balaban J connectivity index is 2.06. The van der Waals surface area contributed by atoms with E-state index >= 15 is 0 Å². The summed E-state index contributed by atoms with van der Waals surface area (Å²) in [6, 6.07) is 12.2. The lowest BCUT2D eigenvalue weighted by Crippen LogP contribution is -1.89. The maximum atomic E-state index is 6.36. The van der Waals surface area contributed by atoms with Crippen LogP contribution < -0.4 is 5.32 Å². The summed E-state index contributed by atoms with van der Waals surface area (Å²) in [5, 5.41) is 5.10. The number of anilines is 2.